The molecule has 2 rings (SSSR count). The molecule has 1 saturated carbocycles. The first kappa shape index (κ1) is 12.6. The predicted molar refractivity (Wildman–Crippen MR) is 71.8 cm³/mol. The summed E-state index contributed by atoms with van der Waals surface area (Å²) in [4.78, 5) is 4.41. The third-order valence-electron chi connectivity index (χ3n) is 4.04. The van der Waals surface area contributed by atoms with Gasteiger partial charge in [0.25, 0.3) is 0 Å². The first-order valence-electron chi connectivity index (χ1n) is 6.96. The Kier molecular flexibility index (Phi) is 4.55. The zero-order valence-corrected chi connectivity index (χ0v) is 11.0. The van der Waals surface area contributed by atoms with Crippen LogP contribution < -0.4 is 5.32 Å². The number of hydrogen-bond donors (Lipinski definition) is 1. The van der Waals surface area contributed by atoms with Gasteiger partial charge in [0.15, 0.2) is 0 Å². The molecular weight excluding hydrogens is 208 g/mol. The van der Waals surface area contributed by atoms with Crippen molar-refractivity contribution in [1.82, 2.24) is 10.3 Å². The minimum atomic E-state index is 0.374. The number of nitrogens with zero attached hydrogens (tertiary/aromatic N) is 1. The topological polar surface area (TPSA) is 24.9 Å². The molecule has 0 radical (unpaired) electrons. The van der Waals surface area contributed by atoms with E-state index in [4.69, 9.17) is 0 Å². The van der Waals surface area contributed by atoms with Crippen molar-refractivity contribution in [3.8, 4) is 0 Å². The van der Waals surface area contributed by atoms with Crippen LogP contribution in [0.5, 0.6) is 0 Å². The lowest BCUT2D eigenvalue weighted by Crippen LogP contribution is -2.35. The standard InChI is InChI=1S/C15H24N2/c1-3-13-7-9-14(10-8-13)17-12(2)15-6-4-5-11-16-15/h4-6,11-14,17H,3,7-10H2,1-2H3. The summed E-state index contributed by atoms with van der Waals surface area (Å²) in [6, 6.07) is 7.21. The summed E-state index contributed by atoms with van der Waals surface area (Å²) in [5, 5.41) is 3.72. The van der Waals surface area contributed by atoms with Crippen LogP contribution in [0, 0.1) is 5.92 Å². The lowest BCUT2D eigenvalue weighted by atomic mass is 9.84. The molecule has 94 valence electrons. The van der Waals surface area contributed by atoms with Gasteiger partial charge >= 0.3 is 0 Å². The van der Waals surface area contributed by atoms with E-state index in [0.717, 1.165) is 11.6 Å². The van der Waals surface area contributed by atoms with Gasteiger partial charge in [-0.3, -0.25) is 4.98 Å². The summed E-state index contributed by atoms with van der Waals surface area (Å²) in [7, 11) is 0. The van der Waals surface area contributed by atoms with Crippen molar-refractivity contribution in [2.45, 2.75) is 58.0 Å². The second-order valence-electron chi connectivity index (χ2n) is 5.27. The third-order valence-corrected chi connectivity index (χ3v) is 4.04. The third kappa shape index (κ3) is 3.53. The average Bonchev–Trinajstić information content (AvgIpc) is 2.40. The molecule has 2 nitrogen and oxygen atoms in total. The predicted octanol–water partition coefficient (Wildman–Crippen LogP) is 3.70. The molecule has 1 unspecified atom stereocenters. The molecule has 1 aromatic heterocycles. The maximum atomic E-state index is 4.41. The van der Waals surface area contributed by atoms with Crippen LogP contribution in [0.15, 0.2) is 24.4 Å². The van der Waals surface area contributed by atoms with E-state index >= 15 is 0 Å². The van der Waals surface area contributed by atoms with Gasteiger partial charge in [-0.15, -0.1) is 0 Å². The largest absolute Gasteiger partial charge is 0.306 e. The summed E-state index contributed by atoms with van der Waals surface area (Å²) >= 11 is 0. The highest BCUT2D eigenvalue weighted by Crippen LogP contribution is 2.27. The Balaban J connectivity index is 1.82. The van der Waals surface area contributed by atoms with E-state index in [1.54, 1.807) is 0 Å². The highest BCUT2D eigenvalue weighted by atomic mass is 15.0. The van der Waals surface area contributed by atoms with Gasteiger partial charge in [-0.1, -0.05) is 19.4 Å². The van der Waals surface area contributed by atoms with Gasteiger partial charge in [0.1, 0.15) is 0 Å². The monoisotopic (exact) mass is 232 g/mol. The Morgan fingerprint density at radius 3 is 2.65 bits per heavy atom. The molecule has 0 amide bonds. The van der Waals surface area contributed by atoms with E-state index in [2.05, 4.69) is 36.3 Å². The van der Waals surface area contributed by atoms with Gasteiger partial charge < -0.3 is 5.32 Å². The number of pyridine rings is 1. The van der Waals surface area contributed by atoms with Crippen molar-refractivity contribution >= 4 is 0 Å². The van der Waals surface area contributed by atoms with Gasteiger partial charge in [-0.25, -0.2) is 0 Å². The van der Waals surface area contributed by atoms with Gasteiger partial charge in [0, 0.05) is 18.3 Å². The van der Waals surface area contributed by atoms with Crippen molar-refractivity contribution in [2.75, 3.05) is 0 Å². The number of hydrogen-bond acceptors (Lipinski definition) is 2. The fraction of sp³-hybridized carbons (Fsp3) is 0.667. The van der Waals surface area contributed by atoms with E-state index in [9.17, 15) is 0 Å². The van der Waals surface area contributed by atoms with E-state index in [0.29, 0.717) is 12.1 Å². The van der Waals surface area contributed by atoms with Crippen molar-refractivity contribution in [1.29, 1.82) is 0 Å². The van der Waals surface area contributed by atoms with Gasteiger partial charge in [0.2, 0.25) is 0 Å². The van der Waals surface area contributed by atoms with Crippen LogP contribution in [0.2, 0.25) is 0 Å². The molecule has 0 aromatic carbocycles. The van der Waals surface area contributed by atoms with Gasteiger partial charge in [0.05, 0.1) is 5.69 Å². The summed E-state index contributed by atoms with van der Waals surface area (Å²) < 4.78 is 0. The molecule has 0 spiro atoms. The summed E-state index contributed by atoms with van der Waals surface area (Å²) in [6.45, 7) is 4.53. The van der Waals surface area contributed by atoms with Crippen LogP contribution >= 0.6 is 0 Å². The molecular formula is C15H24N2. The van der Waals surface area contributed by atoms with Crippen LogP contribution in [0.1, 0.15) is 57.7 Å². The summed E-state index contributed by atoms with van der Waals surface area (Å²) in [5.74, 6) is 0.971. The Labute approximate surface area is 105 Å². The van der Waals surface area contributed by atoms with Crippen LogP contribution in [-0.4, -0.2) is 11.0 Å². The second-order valence-corrected chi connectivity index (χ2v) is 5.27. The Morgan fingerprint density at radius 1 is 1.29 bits per heavy atom. The maximum absolute atomic E-state index is 4.41. The number of rotatable bonds is 4. The van der Waals surface area contributed by atoms with Crippen LogP contribution in [0.4, 0.5) is 0 Å². The quantitative estimate of drug-likeness (QED) is 0.856. The van der Waals surface area contributed by atoms with E-state index in [1.807, 2.05) is 12.3 Å². The molecule has 1 aromatic rings. The molecule has 0 aliphatic heterocycles. The minimum absolute atomic E-state index is 0.374. The van der Waals surface area contributed by atoms with E-state index < -0.39 is 0 Å². The fourth-order valence-corrected chi connectivity index (χ4v) is 2.81. The zero-order valence-electron chi connectivity index (χ0n) is 11.0. The highest BCUT2D eigenvalue weighted by molar-refractivity contribution is 5.07. The van der Waals surface area contributed by atoms with Crippen LogP contribution in [0.3, 0.4) is 0 Å². The Hall–Kier alpha value is -0.890. The summed E-state index contributed by atoms with van der Waals surface area (Å²) in [5.41, 5.74) is 1.16. The smallest absolute Gasteiger partial charge is 0.0570 e. The van der Waals surface area contributed by atoms with Crippen molar-refractivity contribution in [3.05, 3.63) is 30.1 Å². The average molecular weight is 232 g/mol. The maximum Gasteiger partial charge on any atom is 0.0570 e. The Morgan fingerprint density at radius 2 is 2.06 bits per heavy atom. The molecule has 2 heteroatoms. The molecule has 17 heavy (non-hydrogen) atoms. The normalized spacial score (nSPS) is 26.7. The van der Waals surface area contributed by atoms with Crippen LogP contribution in [0.25, 0.3) is 0 Å². The number of nitrogens with one attached hydrogen (secondary N) is 1. The summed E-state index contributed by atoms with van der Waals surface area (Å²) in [6.07, 6.45) is 8.67. The SMILES string of the molecule is CCC1CCC(NC(C)c2ccccn2)CC1. The molecule has 1 aliphatic rings. The van der Waals surface area contributed by atoms with E-state index in [1.165, 1.54) is 32.1 Å². The molecule has 0 saturated heterocycles. The molecule has 1 heterocycles. The fourth-order valence-electron chi connectivity index (χ4n) is 2.81. The van der Waals surface area contributed by atoms with Crippen LogP contribution in [-0.2, 0) is 0 Å². The van der Waals surface area contributed by atoms with Crippen molar-refractivity contribution in [3.63, 3.8) is 0 Å². The van der Waals surface area contributed by atoms with Gasteiger partial charge in [-0.2, -0.15) is 0 Å². The van der Waals surface area contributed by atoms with Crippen molar-refractivity contribution in [2.24, 2.45) is 5.92 Å². The second kappa shape index (κ2) is 6.15. The van der Waals surface area contributed by atoms with Gasteiger partial charge in [-0.05, 0) is 50.7 Å². The van der Waals surface area contributed by atoms with Crippen molar-refractivity contribution < 1.29 is 0 Å². The highest BCUT2D eigenvalue weighted by Gasteiger charge is 2.21. The molecule has 0 bridgehead atoms. The number of aromatic nitrogens is 1. The molecule has 1 N–H and O–H groups in total. The molecule has 1 aliphatic carbocycles. The first-order valence-corrected chi connectivity index (χ1v) is 6.96. The first-order chi connectivity index (χ1) is 8.29. The van der Waals surface area contributed by atoms with E-state index in [-0.39, 0.29) is 0 Å². The Bertz CT molecular complexity index is 315. The molecule has 1 fully saturated rings. The zero-order chi connectivity index (χ0) is 12.1. The minimum Gasteiger partial charge on any atom is -0.306 e. The lowest BCUT2D eigenvalue weighted by molar-refractivity contribution is 0.272. The molecule has 1 atom stereocenters. The lowest BCUT2D eigenvalue weighted by Gasteiger charge is -2.30.